The van der Waals surface area contributed by atoms with E-state index >= 15 is 4.39 Å². The summed E-state index contributed by atoms with van der Waals surface area (Å²) in [6, 6.07) is 0.998. The summed E-state index contributed by atoms with van der Waals surface area (Å²) in [5.74, 6) is 0.833. The molecule has 1 saturated heterocycles. The number of rotatable bonds is 5. The molecule has 9 nitrogen and oxygen atoms in total. The van der Waals surface area contributed by atoms with Crippen molar-refractivity contribution in [1.29, 1.82) is 0 Å². The predicted molar refractivity (Wildman–Crippen MR) is 125 cm³/mol. The largest absolute Gasteiger partial charge is 0.488 e. The molecule has 4 heterocycles. The van der Waals surface area contributed by atoms with Crippen molar-refractivity contribution in [2.75, 3.05) is 32.2 Å². The number of halogens is 2. The van der Waals surface area contributed by atoms with Gasteiger partial charge in [-0.1, -0.05) is 11.6 Å². The van der Waals surface area contributed by atoms with E-state index in [4.69, 9.17) is 25.8 Å². The van der Waals surface area contributed by atoms with E-state index in [-0.39, 0.29) is 35.2 Å². The first-order valence-electron chi connectivity index (χ1n) is 11.2. The molecule has 3 aromatic rings. The van der Waals surface area contributed by atoms with Crippen molar-refractivity contribution in [3.8, 4) is 17.0 Å². The second-order valence-corrected chi connectivity index (χ2v) is 9.59. The van der Waals surface area contributed by atoms with Crippen molar-refractivity contribution in [2.24, 2.45) is 0 Å². The Hall–Kier alpha value is -2.53. The van der Waals surface area contributed by atoms with Crippen LogP contribution in [0.4, 0.5) is 10.3 Å². The van der Waals surface area contributed by atoms with E-state index in [1.807, 2.05) is 25.3 Å². The third-order valence-electron chi connectivity index (χ3n) is 6.47. The van der Waals surface area contributed by atoms with E-state index in [1.165, 1.54) is 12.3 Å². The molecule has 2 aliphatic heterocycles. The van der Waals surface area contributed by atoms with Gasteiger partial charge in [-0.25, -0.2) is 19.3 Å². The maximum atomic E-state index is 15.4. The number of ether oxygens (including phenoxy) is 3. The molecule has 182 valence electrons. The van der Waals surface area contributed by atoms with Crippen LogP contribution in [-0.4, -0.2) is 63.7 Å². The Kier molecular flexibility index (Phi) is 5.87. The number of anilines is 1. The monoisotopic (exact) mass is 491 g/mol. The van der Waals surface area contributed by atoms with Gasteiger partial charge >= 0.3 is 0 Å². The Labute approximate surface area is 201 Å². The molecule has 0 aliphatic carbocycles. The van der Waals surface area contributed by atoms with Gasteiger partial charge in [0.05, 0.1) is 41.7 Å². The van der Waals surface area contributed by atoms with E-state index in [1.54, 1.807) is 7.11 Å². The van der Waals surface area contributed by atoms with E-state index < -0.39 is 17.5 Å². The lowest BCUT2D eigenvalue weighted by Crippen LogP contribution is -2.42. The Morgan fingerprint density at radius 1 is 1.32 bits per heavy atom. The number of aromatic nitrogens is 4. The molecular weight excluding hydrogens is 465 g/mol. The van der Waals surface area contributed by atoms with Crippen LogP contribution in [0.2, 0.25) is 5.02 Å². The molecule has 0 bridgehead atoms. The lowest BCUT2D eigenvalue weighted by atomic mass is 10.1. The molecule has 0 radical (unpaired) electrons. The zero-order valence-electron chi connectivity index (χ0n) is 19.4. The zero-order valence-corrected chi connectivity index (χ0v) is 20.2. The van der Waals surface area contributed by atoms with Crippen LogP contribution in [0.1, 0.15) is 39.1 Å². The van der Waals surface area contributed by atoms with Crippen LogP contribution in [0.3, 0.4) is 0 Å². The minimum atomic E-state index is -0.733. The number of methoxy groups -OCH3 is 1. The molecule has 0 saturated carbocycles. The smallest absolute Gasteiger partial charge is 0.223 e. The normalized spacial score (nSPS) is 22.6. The molecule has 0 amide bonds. The van der Waals surface area contributed by atoms with Crippen molar-refractivity contribution in [3.05, 3.63) is 28.9 Å². The number of aliphatic hydroxyl groups is 1. The molecule has 2 aliphatic rings. The average molecular weight is 492 g/mol. The summed E-state index contributed by atoms with van der Waals surface area (Å²) in [6.07, 6.45) is 1.37. The van der Waals surface area contributed by atoms with Gasteiger partial charge in [-0.2, -0.15) is 0 Å². The van der Waals surface area contributed by atoms with Gasteiger partial charge < -0.3 is 29.2 Å². The van der Waals surface area contributed by atoms with Crippen LogP contribution in [0, 0.1) is 5.82 Å². The molecule has 1 aromatic carbocycles. The number of nitrogens with zero attached hydrogens (tertiary/aromatic N) is 4. The first-order chi connectivity index (χ1) is 16.2. The van der Waals surface area contributed by atoms with Gasteiger partial charge in [0.2, 0.25) is 5.95 Å². The first kappa shape index (κ1) is 23.2. The third-order valence-corrected chi connectivity index (χ3v) is 6.74. The number of hydrogen-bond acceptors (Lipinski definition) is 8. The second-order valence-electron chi connectivity index (χ2n) is 9.18. The maximum Gasteiger partial charge on any atom is 0.223 e. The summed E-state index contributed by atoms with van der Waals surface area (Å²) < 4.78 is 34.4. The maximum absolute atomic E-state index is 15.4. The first-order valence-corrected chi connectivity index (χ1v) is 11.6. The van der Waals surface area contributed by atoms with Crippen molar-refractivity contribution in [1.82, 2.24) is 19.5 Å². The number of imidazole rings is 1. The summed E-state index contributed by atoms with van der Waals surface area (Å²) in [6.45, 7) is 6.90. The van der Waals surface area contributed by atoms with Gasteiger partial charge in [-0.05, 0) is 33.3 Å². The van der Waals surface area contributed by atoms with E-state index in [0.29, 0.717) is 48.0 Å². The molecular formula is C23H27ClFN5O4. The number of hydrogen-bond donors (Lipinski definition) is 2. The quantitative estimate of drug-likeness (QED) is 0.557. The topological polar surface area (TPSA) is 104 Å². The molecule has 34 heavy (non-hydrogen) atoms. The van der Waals surface area contributed by atoms with Crippen LogP contribution in [0.15, 0.2) is 12.3 Å². The fraction of sp³-hybridized carbons (Fsp3) is 0.522. The molecule has 5 rings (SSSR count). The van der Waals surface area contributed by atoms with Gasteiger partial charge in [0.1, 0.15) is 29.1 Å². The molecule has 2 N–H and O–H groups in total. The molecule has 11 heteroatoms. The highest BCUT2D eigenvalue weighted by Crippen LogP contribution is 2.45. The van der Waals surface area contributed by atoms with Crippen LogP contribution >= 0.6 is 11.6 Å². The summed E-state index contributed by atoms with van der Waals surface area (Å²) in [5, 5.41) is 13.6. The van der Waals surface area contributed by atoms with E-state index in [2.05, 4.69) is 20.3 Å². The Balaban J connectivity index is 1.66. The SMILES string of the molecule is COC(C)(C)c1nc2c(F)cc(-c3nc(N[C@@H]4CCOC[C@H]4O)ncc3Cl)c3c2n1[C@H](C)CO3. The lowest BCUT2D eigenvalue weighted by Gasteiger charge is -2.30. The molecule has 2 aromatic heterocycles. The van der Waals surface area contributed by atoms with Crippen LogP contribution in [0.5, 0.6) is 5.75 Å². The highest BCUT2D eigenvalue weighted by molar-refractivity contribution is 6.33. The average Bonchev–Trinajstić information content (AvgIpc) is 3.24. The molecule has 0 unspecified atom stereocenters. The van der Waals surface area contributed by atoms with Crippen LogP contribution in [0.25, 0.3) is 22.3 Å². The van der Waals surface area contributed by atoms with Crippen LogP contribution < -0.4 is 10.1 Å². The number of benzene rings is 1. The molecule has 3 atom stereocenters. The van der Waals surface area contributed by atoms with Crippen molar-refractivity contribution in [2.45, 2.75) is 51.0 Å². The van der Waals surface area contributed by atoms with Gasteiger partial charge in [-0.15, -0.1) is 0 Å². The predicted octanol–water partition coefficient (Wildman–Crippen LogP) is 3.68. The molecule has 0 spiro atoms. The minimum Gasteiger partial charge on any atom is -0.488 e. The summed E-state index contributed by atoms with van der Waals surface area (Å²) in [4.78, 5) is 13.4. The van der Waals surface area contributed by atoms with E-state index in [0.717, 1.165) is 0 Å². The Morgan fingerprint density at radius 3 is 2.85 bits per heavy atom. The van der Waals surface area contributed by atoms with Gasteiger partial charge in [0.15, 0.2) is 11.6 Å². The highest BCUT2D eigenvalue weighted by Gasteiger charge is 2.35. The van der Waals surface area contributed by atoms with Gasteiger partial charge in [-0.3, -0.25) is 0 Å². The van der Waals surface area contributed by atoms with Gasteiger partial charge in [0.25, 0.3) is 0 Å². The fourth-order valence-corrected chi connectivity index (χ4v) is 4.63. The number of nitrogens with one attached hydrogen (secondary N) is 1. The summed E-state index contributed by atoms with van der Waals surface area (Å²) in [5.41, 5.74) is 0.745. The third kappa shape index (κ3) is 3.78. The summed E-state index contributed by atoms with van der Waals surface area (Å²) >= 11 is 6.48. The van der Waals surface area contributed by atoms with E-state index in [9.17, 15) is 5.11 Å². The summed E-state index contributed by atoms with van der Waals surface area (Å²) in [7, 11) is 1.60. The highest BCUT2D eigenvalue weighted by atomic mass is 35.5. The standard InChI is InChI=1S/C23H27ClFN5O4/c1-11-9-34-20-12(7-14(25)18-19(20)30(11)21(28-18)23(2,3)32-4)17-13(24)8-26-22(29-17)27-15-5-6-33-10-16(15)31/h7-8,11,15-16,31H,5-6,9-10H2,1-4H3,(H,26,27,29)/t11-,15-,16-/m1/s1. The van der Waals surface area contributed by atoms with Crippen LogP contribution in [-0.2, 0) is 15.1 Å². The number of aliphatic hydroxyl groups excluding tert-OH is 1. The fourth-order valence-electron chi connectivity index (χ4n) is 4.43. The minimum absolute atomic E-state index is 0.0790. The lowest BCUT2D eigenvalue weighted by molar-refractivity contribution is -0.0136. The zero-order chi connectivity index (χ0) is 24.2. The Bertz CT molecular complexity index is 1250. The Morgan fingerprint density at radius 2 is 2.12 bits per heavy atom. The van der Waals surface area contributed by atoms with Crippen molar-refractivity contribution < 1.29 is 23.7 Å². The van der Waals surface area contributed by atoms with Crippen molar-refractivity contribution in [3.63, 3.8) is 0 Å². The second kappa shape index (κ2) is 8.60. The van der Waals surface area contributed by atoms with Crippen molar-refractivity contribution >= 4 is 28.6 Å². The van der Waals surface area contributed by atoms with Gasteiger partial charge in [0, 0.05) is 19.3 Å². The molecule has 1 fully saturated rings.